The van der Waals surface area contributed by atoms with E-state index < -0.39 is 49.1 Å². The molecule has 9 nitrogen and oxygen atoms in total. The number of aromatic nitrogens is 2. The molecule has 1 fully saturated rings. The van der Waals surface area contributed by atoms with Crippen LogP contribution in [0.2, 0.25) is 0 Å². The van der Waals surface area contributed by atoms with E-state index in [9.17, 15) is 19.8 Å². The summed E-state index contributed by atoms with van der Waals surface area (Å²) >= 11 is 0. The average molecular weight is 274 g/mol. The summed E-state index contributed by atoms with van der Waals surface area (Å²) in [6.45, 7) is -1.34. The minimum absolute atomic E-state index is 0.525. The Hall–Kier alpha value is -1.52. The zero-order chi connectivity index (χ0) is 14.2. The molecule has 0 spiro atoms. The molecule has 0 radical (unpaired) electrons. The van der Waals surface area contributed by atoms with Gasteiger partial charge in [-0.05, 0) is 0 Å². The van der Waals surface area contributed by atoms with Crippen LogP contribution in [0.15, 0.2) is 21.9 Å². The first kappa shape index (κ1) is 13.9. The molecular weight excluding hydrogens is 260 g/mol. The summed E-state index contributed by atoms with van der Waals surface area (Å²) in [6.07, 6.45) is -3.95. The molecule has 1 aliphatic rings. The fourth-order valence-corrected chi connectivity index (χ4v) is 1.97. The summed E-state index contributed by atoms with van der Waals surface area (Å²) in [4.78, 5) is 23.2. The van der Waals surface area contributed by atoms with Gasteiger partial charge in [0.2, 0.25) is 0 Å². The highest BCUT2D eigenvalue weighted by Gasteiger charge is 2.43. The van der Waals surface area contributed by atoms with Gasteiger partial charge in [0.05, 0.1) is 6.61 Å². The van der Waals surface area contributed by atoms with Crippen LogP contribution in [0.4, 0.5) is 0 Å². The van der Waals surface area contributed by atoms with Gasteiger partial charge in [-0.2, -0.15) is 0 Å². The second-order valence-electron chi connectivity index (χ2n) is 4.14. The van der Waals surface area contributed by atoms with E-state index in [2.05, 4.69) is 0 Å². The molecule has 4 N–H and O–H groups in total. The first-order valence-corrected chi connectivity index (χ1v) is 5.56. The molecule has 0 unspecified atom stereocenters. The Morgan fingerprint density at radius 2 is 1.89 bits per heavy atom. The van der Waals surface area contributed by atoms with E-state index in [0.29, 0.717) is 4.57 Å². The highest BCUT2D eigenvalue weighted by Crippen LogP contribution is 2.27. The molecule has 9 heteroatoms. The lowest BCUT2D eigenvalue weighted by molar-refractivity contribution is -0.0560. The van der Waals surface area contributed by atoms with Gasteiger partial charge in [-0.3, -0.25) is 9.36 Å². The van der Waals surface area contributed by atoms with Crippen LogP contribution >= 0.6 is 0 Å². The Morgan fingerprint density at radius 1 is 1.21 bits per heavy atom. The maximum absolute atomic E-state index is 11.9. The second kappa shape index (κ2) is 5.23. The van der Waals surface area contributed by atoms with Gasteiger partial charge in [0.1, 0.15) is 25.0 Å². The van der Waals surface area contributed by atoms with E-state index in [1.165, 1.54) is 0 Å². The topological polar surface area (TPSA) is 134 Å². The monoisotopic (exact) mass is 274 g/mol. The summed E-state index contributed by atoms with van der Waals surface area (Å²) in [5, 5.41) is 37.3. The molecule has 2 rings (SSSR count). The van der Waals surface area contributed by atoms with Crippen molar-refractivity contribution in [2.24, 2.45) is 0 Å². The van der Waals surface area contributed by atoms with Crippen molar-refractivity contribution in [2.45, 2.75) is 31.3 Å². The molecule has 1 aromatic rings. The third-order valence-electron chi connectivity index (χ3n) is 3.03. The number of ether oxygens (including phenoxy) is 1. The maximum Gasteiger partial charge on any atom is 0.335 e. The van der Waals surface area contributed by atoms with Crippen LogP contribution in [-0.2, 0) is 11.5 Å². The number of aliphatic hydroxyl groups is 4. The summed E-state index contributed by atoms with van der Waals surface area (Å²) < 4.78 is 6.57. The summed E-state index contributed by atoms with van der Waals surface area (Å²) in [5.74, 6) is 0. The molecule has 19 heavy (non-hydrogen) atoms. The van der Waals surface area contributed by atoms with Gasteiger partial charge in [0.25, 0.3) is 5.56 Å². The van der Waals surface area contributed by atoms with Crippen molar-refractivity contribution in [3.63, 3.8) is 0 Å². The first-order chi connectivity index (χ1) is 9.01. The second-order valence-corrected chi connectivity index (χ2v) is 4.14. The van der Waals surface area contributed by atoms with Crippen LogP contribution < -0.4 is 11.2 Å². The van der Waals surface area contributed by atoms with Gasteiger partial charge in [0, 0.05) is 12.3 Å². The van der Waals surface area contributed by atoms with E-state index in [1.54, 1.807) is 0 Å². The van der Waals surface area contributed by atoms with Crippen molar-refractivity contribution in [1.82, 2.24) is 9.13 Å². The Labute approximate surface area is 106 Å². The lowest BCUT2D eigenvalue weighted by Gasteiger charge is -2.18. The molecule has 1 saturated heterocycles. The van der Waals surface area contributed by atoms with Crippen molar-refractivity contribution in [1.29, 1.82) is 0 Å². The number of aliphatic hydroxyl groups excluding tert-OH is 4. The zero-order valence-corrected chi connectivity index (χ0v) is 9.79. The van der Waals surface area contributed by atoms with Gasteiger partial charge in [-0.15, -0.1) is 0 Å². The molecule has 0 aliphatic carbocycles. The van der Waals surface area contributed by atoms with Crippen LogP contribution in [0.3, 0.4) is 0 Å². The highest BCUT2D eigenvalue weighted by atomic mass is 16.6. The standard InChI is InChI=1S/C10H14N2O7/c13-3-5-7(16)8(17)9(19-5)11-2-1-6(15)12(4-14)10(11)18/h1-2,5,7-9,13-14,16-17H,3-4H2/t5-,7-,8-,9-/m1/s1. The molecule has 0 aromatic carbocycles. The van der Waals surface area contributed by atoms with Crippen LogP contribution in [-0.4, -0.2) is 54.5 Å². The van der Waals surface area contributed by atoms with Gasteiger partial charge in [-0.1, -0.05) is 0 Å². The van der Waals surface area contributed by atoms with Crippen LogP contribution in [0.1, 0.15) is 6.23 Å². The number of nitrogens with zero attached hydrogens (tertiary/aromatic N) is 2. The SMILES string of the molecule is O=c1ccn([C@@H]2O[C@H](CO)[C@@H](O)[C@H]2O)c(=O)n1CO. The van der Waals surface area contributed by atoms with Crippen molar-refractivity contribution in [3.8, 4) is 0 Å². The van der Waals surface area contributed by atoms with Crippen LogP contribution in [0.25, 0.3) is 0 Å². The number of rotatable bonds is 3. The molecule has 0 saturated carbocycles. The van der Waals surface area contributed by atoms with E-state index in [4.69, 9.17) is 14.9 Å². The third-order valence-corrected chi connectivity index (χ3v) is 3.03. The highest BCUT2D eigenvalue weighted by molar-refractivity contribution is 4.94. The Morgan fingerprint density at radius 3 is 2.42 bits per heavy atom. The third kappa shape index (κ3) is 2.22. The van der Waals surface area contributed by atoms with Crippen LogP contribution in [0, 0.1) is 0 Å². The van der Waals surface area contributed by atoms with Gasteiger partial charge in [-0.25, -0.2) is 9.36 Å². The lowest BCUT2D eigenvalue weighted by Crippen LogP contribution is -2.43. The molecule has 0 amide bonds. The normalized spacial score (nSPS) is 30.7. The molecule has 0 bridgehead atoms. The van der Waals surface area contributed by atoms with E-state index >= 15 is 0 Å². The zero-order valence-electron chi connectivity index (χ0n) is 9.79. The Balaban J connectivity index is 2.44. The van der Waals surface area contributed by atoms with Crippen molar-refractivity contribution in [3.05, 3.63) is 33.1 Å². The van der Waals surface area contributed by atoms with Crippen molar-refractivity contribution in [2.75, 3.05) is 6.61 Å². The molecule has 1 aromatic heterocycles. The fraction of sp³-hybridized carbons (Fsp3) is 0.600. The molecule has 4 atom stereocenters. The fourth-order valence-electron chi connectivity index (χ4n) is 1.97. The van der Waals surface area contributed by atoms with Crippen molar-refractivity contribution < 1.29 is 25.2 Å². The molecular formula is C10H14N2O7. The van der Waals surface area contributed by atoms with E-state index in [-0.39, 0.29) is 0 Å². The number of hydrogen-bond donors (Lipinski definition) is 4. The van der Waals surface area contributed by atoms with Crippen molar-refractivity contribution >= 4 is 0 Å². The summed E-state index contributed by atoms with van der Waals surface area (Å²) in [5.41, 5.74) is -1.58. The maximum atomic E-state index is 11.9. The number of hydrogen-bond acceptors (Lipinski definition) is 7. The van der Waals surface area contributed by atoms with E-state index in [1.807, 2.05) is 0 Å². The van der Waals surface area contributed by atoms with Gasteiger partial charge >= 0.3 is 5.69 Å². The van der Waals surface area contributed by atoms with E-state index in [0.717, 1.165) is 16.8 Å². The Bertz CT molecular complexity index is 566. The quantitative estimate of drug-likeness (QED) is 0.450. The first-order valence-electron chi connectivity index (χ1n) is 5.56. The minimum Gasteiger partial charge on any atom is -0.394 e. The minimum atomic E-state index is -1.43. The predicted octanol–water partition coefficient (Wildman–Crippen LogP) is -3.43. The van der Waals surface area contributed by atoms with Crippen LogP contribution in [0.5, 0.6) is 0 Å². The smallest absolute Gasteiger partial charge is 0.335 e. The summed E-state index contributed by atoms with van der Waals surface area (Å²) in [7, 11) is 0. The molecule has 106 valence electrons. The Kier molecular flexibility index (Phi) is 3.83. The molecule has 2 heterocycles. The lowest BCUT2D eigenvalue weighted by atomic mass is 10.1. The predicted molar refractivity (Wildman–Crippen MR) is 60.2 cm³/mol. The van der Waals surface area contributed by atoms with Gasteiger partial charge < -0.3 is 25.2 Å². The summed E-state index contributed by atoms with van der Waals surface area (Å²) in [6, 6.07) is 1.02. The van der Waals surface area contributed by atoms with Gasteiger partial charge in [0.15, 0.2) is 6.23 Å². The average Bonchev–Trinajstić information content (AvgIpc) is 2.67. The molecule has 1 aliphatic heterocycles. The largest absolute Gasteiger partial charge is 0.394 e.